The van der Waals surface area contributed by atoms with Gasteiger partial charge < -0.3 is 23.8 Å². The molecule has 1 saturated heterocycles. The zero-order valence-corrected chi connectivity index (χ0v) is 16.6. The smallest absolute Gasteiger partial charge is 0.340 e. The van der Waals surface area contributed by atoms with Crippen LogP contribution in [0.1, 0.15) is 25.3 Å². The van der Waals surface area contributed by atoms with E-state index in [9.17, 15) is 9.59 Å². The zero-order chi connectivity index (χ0) is 20.3. The van der Waals surface area contributed by atoms with Crippen molar-refractivity contribution in [3.05, 3.63) is 40.6 Å². The van der Waals surface area contributed by atoms with Gasteiger partial charge in [-0.15, -0.1) is 0 Å². The summed E-state index contributed by atoms with van der Waals surface area (Å²) in [5.41, 5.74) is 1.79. The molecule has 0 saturated carbocycles. The van der Waals surface area contributed by atoms with Gasteiger partial charge in [0.2, 0.25) is 0 Å². The van der Waals surface area contributed by atoms with Crippen molar-refractivity contribution in [3.63, 3.8) is 0 Å². The van der Waals surface area contributed by atoms with Crippen LogP contribution in [0.3, 0.4) is 0 Å². The van der Waals surface area contributed by atoms with E-state index >= 15 is 0 Å². The minimum Gasteiger partial charge on any atom is -0.497 e. The van der Waals surface area contributed by atoms with E-state index in [1.807, 2.05) is 0 Å². The maximum absolute atomic E-state index is 13.1. The summed E-state index contributed by atoms with van der Waals surface area (Å²) < 4.78 is 21.2. The molecule has 150 valence electrons. The molecule has 7 nitrogen and oxygen atoms in total. The Bertz CT molecular complexity index is 835. The first-order valence-electron chi connectivity index (χ1n) is 9.17. The van der Waals surface area contributed by atoms with Gasteiger partial charge in [-0.1, -0.05) is 0 Å². The van der Waals surface area contributed by atoms with Crippen molar-refractivity contribution in [2.24, 2.45) is 0 Å². The molecule has 0 radical (unpaired) electrons. The fourth-order valence-electron chi connectivity index (χ4n) is 3.53. The number of hydrogen-bond acceptors (Lipinski definition) is 6. The largest absolute Gasteiger partial charge is 0.497 e. The molecule has 1 fully saturated rings. The van der Waals surface area contributed by atoms with Crippen LogP contribution in [-0.4, -0.2) is 57.4 Å². The fraction of sp³-hybridized carbons (Fsp3) is 0.429. The van der Waals surface area contributed by atoms with Gasteiger partial charge in [-0.05, 0) is 38.0 Å². The van der Waals surface area contributed by atoms with E-state index in [2.05, 4.69) is 0 Å². The number of nitrogens with zero attached hydrogens (tertiary/aromatic N) is 1. The lowest BCUT2D eigenvalue weighted by atomic mass is 10.0. The van der Waals surface area contributed by atoms with E-state index in [1.165, 1.54) is 7.11 Å². The number of carbonyl (C=O) groups excluding carboxylic acids is 2. The van der Waals surface area contributed by atoms with Gasteiger partial charge in [-0.2, -0.15) is 0 Å². The highest BCUT2D eigenvalue weighted by Crippen LogP contribution is 2.35. The van der Waals surface area contributed by atoms with Crippen molar-refractivity contribution < 1.29 is 28.5 Å². The van der Waals surface area contributed by atoms with Crippen LogP contribution in [0.4, 0.5) is 0 Å². The lowest BCUT2D eigenvalue weighted by Gasteiger charge is -2.21. The van der Waals surface area contributed by atoms with Crippen molar-refractivity contribution in [2.75, 3.05) is 34.5 Å². The predicted molar refractivity (Wildman–Crippen MR) is 103 cm³/mol. The molecule has 0 aliphatic carbocycles. The molecule has 2 aliphatic rings. The minimum atomic E-state index is -0.542. The molecule has 0 unspecified atom stereocenters. The first-order chi connectivity index (χ1) is 13.5. The highest BCUT2D eigenvalue weighted by molar-refractivity contribution is 6.16. The van der Waals surface area contributed by atoms with Gasteiger partial charge in [-0.3, -0.25) is 4.79 Å². The second-order valence-corrected chi connectivity index (χ2v) is 6.67. The maximum atomic E-state index is 13.1. The topological polar surface area (TPSA) is 74.3 Å². The number of esters is 1. The molecule has 0 aromatic heterocycles. The van der Waals surface area contributed by atoms with Crippen LogP contribution < -0.4 is 9.47 Å². The second-order valence-electron chi connectivity index (χ2n) is 6.67. The van der Waals surface area contributed by atoms with E-state index < -0.39 is 5.97 Å². The van der Waals surface area contributed by atoms with E-state index in [1.54, 1.807) is 50.3 Å². The normalized spacial score (nSPS) is 20.9. The number of benzene rings is 1. The number of hydrogen-bond donors (Lipinski definition) is 0. The highest BCUT2D eigenvalue weighted by atomic mass is 16.5. The van der Waals surface area contributed by atoms with Gasteiger partial charge in [-0.25, -0.2) is 4.79 Å². The summed E-state index contributed by atoms with van der Waals surface area (Å²) in [5.74, 6) is 0.390. The van der Waals surface area contributed by atoms with Crippen molar-refractivity contribution in [1.29, 1.82) is 0 Å². The summed E-state index contributed by atoms with van der Waals surface area (Å²) in [6.45, 7) is 2.87. The van der Waals surface area contributed by atoms with Crippen LogP contribution in [0.25, 0.3) is 6.08 Å². The zero-order valence-electron chi connectivity index (χ0n) is 16.6. The Morgan fingerprint density at radius 3 is 2.68 bits per heavy atom. The Labute approximate surface area is 164 Å². The molecule has 0 N–H and O–H groups in total. The molecule has 2 heterocycles. The van der Waals surface area contributed by atoms with E-state index in [0.29, 0.717) is 35.9 Å². The molecule has 7 heteroatoms. The van der Waals surface area contributed by atoms with Crippen LogP contribution in [0, 0.1) is 0 Å². The molecule has 1 atom stereocenters. The van der Waals surface area contributed by atoms with Gasteiger partial charge in [0.1, 0.15) is 11.5 Å². The van der Waals surface area contributed by atoms with Crippen molar-refractivity contribution >= 4 is 18.0 Å². The van der Waals surface area contributed by atoms with Crippen molar-refractivity contribution in [3.8, 4) is 11.5 Å². The Morgan fingerprint density at radius 2 is 2.07 bits per heavy atom. The van der Waals surface area contributed by atoms with Crippen LogP contribution in [0.2, 0.25) is 0 Å². The third-order valence-electron chi connectivity index (χ3n) is 5.05. The molecule has 3 rings (SSSR count). The Morgan fingerprint density at radius 1 is 1.29 bits per heavy atom. The fourth-order valence-corrected chi connectivity index (χ4v) is 3.53. The third kappa shape index (κ3) is 3.75. The summed E-state index contributed by atoms with van der Waals surface area (Å²) >= 11 is 0. The Hall–Kier alpha value is -2.80. The Balaban J connectivity index is 2.01. The molecule has 2 aliphatic heterocycles. The molecule has 0 bridgehead atoms. The summed E-state index contributed by atoms with van der Waals surface area (Å²) in [6.07, 6.45) is 3.51. The molecule has 28 heavy (non-hydrogen) atoms. The van der Waals surface area contributed by atoms with Gasteiger partial charge in [0.05, 0.1) is 45.1 Å². The first kappa shape index (κ1) is 19.9. The first-order valence-corrected chi connectivity index (χ1v) is 9.17. The average molecular weight is 387 g/mol. The van der Waals surface area contributed by atoms with E-state index in [-0.39, 0.29) is 23.2 Å². The summed E-state index contributed by atoms with van der Waals surface area (Å²) in [5, 5.41) is 0. The van der Waals surface area contributed by atoms with Gasteiger partial charge >= 0.3 is 5.97 Å². The van der Waals surface area contributed by atoms with E-state index in [4.69, 9.17) is 18.9 Å². The van der Waals surface area contributed by atoms with Crippen LogP contribution in [0.15, 0.2) is 35.0 Å². The van der Waals surface area contributed by atoms with Gasteiger partial charge in [0, 0.05) is 23.9 Å². The summed E-state index contributed by atoms with van der Waals surface area (Å²) in [4.78, 5) is 27.2. The van der Waals surface area contributed by atoms with Gasteiger partial charge in [0.15, 0.2) is 0 Å². The molecule has 1 amide bonds. The second kappa shape index (κ2) is 8.48. The number of amides is 1. The Kier molecular flexibility index (Phi) is 6.04. The summed E-state index contributed by atoms with van der Waals surface area (Å²) in [6, 6.07) is 5.28. The third-order valence-corrected chi connectivity index (χ3v) is 5.05. The van der Waals surface area contributed by atoms with Crippen molar-refractivity contribution in [2.45, 2.75) is 25.9 Å². The number of carbonyl (C=O) groups is 2. The monoisotopic (exact) mass is 387 g/mol. The highest BCUT2D eigenvalue weighted by Gasteiger charge is 2.38. The lowest BCUT2D eigenvalue weighted by Crippen LogP contribution is -2.33. The molecular weight excluding hydrogens is 362 g/mol. The molecule has 1 aromatic carbocycles. The summed E-state index contributed by atoms with van der Waals surface area (Å²) in [7, 11) is 4.42. The predicted octanol–water partition coefficient (Wildman–Crippen LogP) is 2.56. The number of allylic oxidation sites excluding steroid dienone is 1. The quantitative estimate of drug-likeness (QED) is 0.552. The maximum Gasteiger partial charge on any atom is 0.340 e. The minimum absolute atomic E-state index is 0.0207. The number of methoxy groups -OCH3 is 3. The lowest BCUT2D eigenvalue weighted by molar-refractivity contribution is -0.136. The van der Waals surface area contributed by atoms with E-state index in [0.717, 1.165) is 12.8 Å². The van der Waals surface area contributed by atoms with Crippen molar-refractivity contribution in [1.82, 2.24) is 4.90 Å². The molecule has 0 spiro atoms. The standard InChI is InChI=1S/C21H25NO6/c1-13-19(21(24)27-4)17(20(23)22(13)12-16-6-5-9-28-16)10-14-7-8-15(25-2)11-18(14)26-3/h7-8,10-11,16H,5-6,9,12H2,1-4H3/b17-10+/t16-/m0/s1. The van der Waals surface area contributed by atoms with Crippen LogP contribution >= 0.6 is 0 Å². The molecular formula is C21H25NO6. The average Bonchev–Trinajstić information content (AvgIpc) is 3.30. The number of rotatable bonds is 6. The molecule has 1 aromatic rings. The number of ether oxygens (including phenoxy) is 4. The SMILES string of the molecule is COC(=O)C1=C(C)N(C[C@@H]2CCCO2)C(=O)/C1=C/c1ccc(OC)cc1OC. The van der Waals surface area contributed by atoms with Crippen LogP contribution in [-0.2, 0) is 19.1 Å². The van der Waals surface area contributed by atoms with Gasteiger partial charge in [0.25, 0.3) is 5.91 Å². The van der Waals surface area contributed by atoms with Crippen LogP contribution in [0.5, 0.6) is 11.5 Å².